The molecule has 1 N–H and O–H groups in total. The molecule has 0 bridgehead atoms. The molecule has 112 valence electrons. The highest BCUT2D eigenvalue weighted by molar-refractivity contribution is 4.96. The fourth-order valence-corrected chi connectivity index (χ4v) is 2.97. The van der Waals surface area contributed by atoms with E-state index in [2.05, 4.69) is 33.0 Å². The minimum atomic E-state index is 0.251. The number of nitrogens with one attached hydrogen (secondary N) is 1. The summed E-state index contributed by atoms with van der Waals surface area (Å²) in [6.07, 6.45) is 5.24. The molecule has 1 saturated heterocycles. The molecule has 3 heteroatoms. The molecule has 1 saturated carbocycles. The van der Waals surface area contributed by atoms with Gasteiger partial charge in [0.25, 0.3) is 0 Å². The Labute approximate surface area is 118 Å². The summed E-state index contributed by atoms with van der Waals surface area (Å²) < 4.78 is 11.4. The Kier molecular flexibility index (Phi) is 5.27. The zero-order valence-electron chi connectivity index (χ0n) is 13.1. The molecule has 2 aliphatic rings. The predicted molar refractivity (Wildman–Crippen MR) is 78.4 cm³/mol. The lowest BCUT2D eigenvalue weighted by molar-refractivity contribution is -0.0422. The van der Waals surface area contributed by atoms with Gasteiger partial charge < -0.3 is 14.8 Å². The Morgan fingerprint density at radius 2 is 1.95 bits per heavy atom. The maximum absolute atomic E-state index is 6.01. The van der Waals surface area contributed by atoms with Crippen LogP contribution in [0.25, 0.3) is 0 Å². The Hall–Kier alpha value is -0.120. The van der Waals surface area contributed by atoms with Crippen LogP contribution in [0.15, 0.2) is 0 Å². The summed E-state index contributed by atoms with van der Waals surface area (Å²) in [5.74, 6) is 1.55. The van der Waals surface area contributed by atoms with E-state index in [0.29, 0.717) is 12.0 Å². The molecule has 0 spiro atoms. The molecule has 3 nitrogen and oxygen atoms in total. The van der Waals surface area contributed by atoms with Gasteiger partial charge in [-0.1, -0.05) is 6.92 Å². The molecule has 3 unspecified atom stereocenters. The molecule has 2 rings (SSSR count). The molecule has 0 radical (unpaired) electrons. The molecule has 19 heavy (non-hydrogen) atoms. The van der Waals surface area contributed by atoms with E-state index in [1.54, 1.807) is 0 Å². The van der Waals surface area contributed by atoms with Gasteiger partial charge in [0.05, 0.1) is 6.10 Å². The topological polar surface area (TPSA) is 30.5 Å². The second kappa shape index (κ2) is 6.55. The van der Waals surface area contributed by atoms with Gasteiger partial charge in [0, 0.05) is 31.4 Å². The van der Waals surface area contributed by atoms with Gasteiger partial charge in [-0.05, 0) is 58.3 Å². The zero-order chi connectivity index (χ0) is 13.9. The first-order valence-electron chi connectivity index (χ1n) is 7.91. The number of hydrogen-bond donors (Lipinski definition) is 1. The van der Waals surface area contributed by atoms with Gasteiger partial charge in [0.1, 0.15) is 0 Å². The summed E-state index contributed by atoms with van der Waals surface area (Å²) in [7, 11) is 0. The van der Waals surface area contributed by atoms with E-state index in [4.69, 9.17) is 9.47 Å². The molecule has 1 aliphatic heterocycles. The lowest BCUT2D eigenvalue weighted by Gasteiger charge is -2.24. The lowest BCUT2D eigenvalue weighted by Crippen LogP contribution is -2.38. The fourth-order valence-electron chi connectivity index (χ4n) is 2.97. The predicted octanol–water partition coefficient (Wildman–Crippen LogP) is 2.98. The molecular weight excluding hydrogens is 238 g/mol. The van der Waals surface area contributed by atoms with Crippen molar-refractivity contribution in [1.29, 1.82) is 0 Å². The summed E-state index contributed by atoms with van der Waals surface area (Å²) in [6.45, 7) is 11.7. The van der Waals surface area contributed by atoms with Crippen molar-refractivity contribution in [2.45, 2.75) is 71.1 Å². The normalized spacial score (nSPS) is 30.3. The van der Waals surface area contributed by atoms with Crippen LogP contribution in [0, 0.1) is 11.8 Å². The van der Waals surface area contributed by atoms with Crippen LogP contribution in [-0.4, -0.2) is 37.5 Å². The first-order chi connectivity index (χ1) is 8.94. The van der Waals surface area contributed by atoms with Crippen molar-refractivity contribution in [1.82, 2.24) is 5.32 Å². The standard InChI is InChI=1S/C16H31NO2/c1-12(11-19-14-5-7-18-8-6-14)9-13-10-15(13)17-16(2,3)4/h12-15,17H,5-11H2,1-4H3. The first-order valence-corrected chi connectivity index (χ1v) is 7.91. The molecule has 2 fully saturated rings. The monoisotopic (exact) mass is 269 g/mol. The van der Waals surface area contributed by atoms with Gasteiger partial charge >= 0.3 is 0 Å². The van der Waals surface area contributed by atoms with E-state index < -0.39 is 0 Å². The zero-order valence-corrected chi connectivity index (χ0v) is 13.1. The van der Waals surface area contributed by atoms with Gasteiger partial charge in [0.2, 0.25) is 0 Å². The van der Waals surface area contributed by atoms with E-state index in [9.17, 15) is 0 Å². The second-order valence-electron chi connectivity index (χ2n) is 7.48. The quantitative estimate of drug-likeness (QED) is 0.804. The number of rotatable bonds is 6. The minimum Gasteiger partial charge on any atom is -0.381 e. The van der Waals surface area contributed by atoms with E-state index in [-0.39, 0.29) is 5.54 Å². The largest absolute Gasteiger partial charge is 0.381 e. The maximum atomic E-state index is 6.01. The van der Waals surface area contributed by atoms with Crippen LogP contribution in [0.1, 0.15) is 53.4 Å². The number of hydrogen-bond acceptors (Lipinski definition) is 3. The lowest BCUT2D eigenvalue weighted by atomic mass is 10.0. The summed E-state index contributed by atoms with van der Waals surface area (Å²) in [4.78, 5) is 0. The van der Waals surface area contributed by atoms with Gasteiger partial charge in [0.15, 0.2) is 0 Å². The Morgan fingerprint density at radius 3 is 2.58 bits per heavy atom. The van der Waals surface area contributed by atoms with Crippen LogP contribution < -0.4 is 5.32 Å². The van der Waals surface area contributed by atoms with Gasteiger partial charge in [-0.25, -0.2) is 0 Å². The van der Waals surface area contributed by atoms with Crippen LogP contribution in [-0.2, 0) is 9.47 Å². The second-order valence-corrected chi connectivity index (χ2v) is 7.48. The van der Waals surface area contributed by atoms with Crippen LogP contribution >= 0.6 is 0 Å². The van der Waals surface area contributed by atoms with Crippen molar-refractivity contribution >= 4 is 0 Å². The van der Waals surface area contributed by atoms with Crippen molar-refractivity contribution in [3.8, 4) is 0 Å². The van der Waals surface area contributed by atoms with Crippen LogP contribution in [0.4, 0.5) is 0 Å². The molecule has 3 atom stereocenters. The van der Waals surface area contributed by atoms with Crippen LogP contribution in [0.5, 0.6) is 0 Å². The molecule has 0 aromatic rings. The van der Waals surface area contributed by atoms with E-state index >= 15 is 0 Å². The van der Waals surface area contributed by atoms with Crippen molar-refractivity contribution in [2.24, 2.45) is 11.8 Å². The summed E-state index contributed by atoms with van der Waals surface area (Å²) in [5, 5.41) is 3.70. The third-order valence-corrected chi connectivity index (χ3v) is 4.03. The SMILES string of the molecule is CC(COC1CCOCC1)CC1CC1NC(C)(C)C. The molecule has 0 aromatic heterocycles. The Morgan fingerprint density at radius 1 is 1.26 bits per heavy atom. The molecule has 1 heterocycles. The minimum absolute atomic E-state index is 0.251. The maximum Gasteiger partial charge on any atom is 0.0619 e. The van der Waals surface area contributed by atoms with Crippen molar-refractivity contribution < 1.29 is 9.47 Å². The van der Waals surface area contributed by atoms with Crippen molar-refractivity contribution in [2.75, 3.05) is 19.8 Å². The molecular formula is C16H31NO2. The highest BCUT2D eigenvalue weighted by atomic mass is 16.5. The smallest absolute Gasteiger partial charge is 0.0619 e. The highest BCUT2D eigenvalue weighted by Gasteiger charge is 2.39. The summed E-state index contributed by atoms with van der Waals surface area (Å²) in [5.41, 5.74) is 0.251. The molecule has 0 aromatic carbocycles. The third kappa shape index (κ3) is 5.80. The van der Waals surface area contributed by atoms with E-state index in [1.807, 2.05) is 0 Å². The third-order valence-electron chi connectivity index (χ3n) is 4.03. The molecule has 1 aliphatic carbocycles. The Bertz CT molecular complexity index is 268. The van der Waals surface area contributed by atoms with Gasteiger partial charge in [-0.2, -0.15) is 0 Å². The Balaban J connectivity index is 1.56. The summed E-state index contributed by atoms with van der Waals surface area (Å²) in [6, 6.07) is 0.741. The van der Waals surface area contributed by atoms with Gasteiger partial charge in [-0.15, -0.1) is 0 Å². The van der Waals surface area contributed by atoms with Gasteiger partial charge in [-0.3, -0.25) is 0 Å². The van der Waals surface area contributed by atoms with Crippen molar-refractivity contribution in [3.63, 3.8) is 0 Å². The van der Waals surface area contributed by atoms with Crippen LogP contribution in [0.2, 0.25) is 0 Å². The highest BCUT2D eigenvalue weighted by Crippen LogP contribution is 2.37. The van der Waals surface area contributed by atoms with E-state index in [0.717, 1.165) is 44.6 Å². The average Bonchev–Trinajstić information content (AvgIpc) is 3.03. The summed E-state index contributed by atoms with van der Waals surface area (Å²) >= 11 is 0. The molecule has 0 amide bonds. The van der Waals surface area contributed by atoms with Crippen molar-refractivity contribution in [3.05, 3.63) is 0 Å². The number of ether oxygens (including phenoxy) is 2. The first kappa shape index (κ1) is 15.3. The average molecular weight is 269 g/mol. The fraction of sp³-hybridized carbons (Fsp3) is 1.00. The van der Waals surface area contributed by atoms with Crippen LogP contribution in [0.3, 0.4) is 0 Å². The van der Waals surface area contributed by atoms with E-state index in [1.165, 1.54) is 12.8 Å².